The number of rotatable bonds is 18. The Hall–Kier alpha value is -0.265. The Kier molecular flexibility index (Phi) is 29.3. The van der Waals surface area contributed by atoms with Crippen LogP contribution in [0.3, 0.4) is 0 Å². The molecule has 2 unspecified atom stereocenters. The molecule has 0 aliphatic carbocycles. The summed E-state index contributed by atoms with van der Waals surface area (Å²) in [4.78, 5) is 32.2. The van der Waals surface area contributed by atoms with Gasteiger partial charge in [0.1, 0.15) is 0 Å². The first-order valence-electron chi connectivity index (χ1n) is 14.3. The predicted molar refractivity (Wildman–Crippen MR) is 143 cm³/mol. The summed E-state index contributed by atoms with van der Waals surface area (Å²) >= 11 is 0. The fraction of sp³-hybridized carbons (Fsp3) is 0.900. The number of carbonyl (C=O) groups is 3. The Morgan fingerprint density at radius 1 is 0.459 bits per heavy atom. The normalized spacial score (nSPS) is 13.9. The van der Waals surface area contributed by atoms with Gasteiger partial charge in [-0.3, -0.25) is 0 Å². The fourth-order valence-corrected chi connectivity index (χ4v) is 3.99. The fourth-order valence-electron chi connectivity index (χ4n) is 3.99. The van der Waals surface area contributed by atoms with Gasteiger partial charge in [-0.1, -0.05) is 127 Å². The number of aliphatic carboxylic acids is 3. The molecule has 7 heteroatoms. The number of carboxylic acids is 3. The van der Waals surface area contributed by atoms with Gasteiger partial charge in [-0.25, -0.2) is 0 Å². The molecule has 0 bridgehead atoms. The van der Waals surface area contributed by atoms with Crippen molar-refractivity contribution in [1.82, 2.24) is 0 Å². The Bertz CT molecular complexity index is 559. The van der Waals surface area contributed by atoms with Crippen molar-refractivity contribution in [3.63, 3.8) is 0 Å². The van der Waals surface area contributed by atoms with Gasteiger partial charge < -0.3 is 29.7 Å². The number of hydrogen-bond donors (Lipinski definition) is 0. The molecular weight excluding hydrogens is 614 g/mol. The number of hydrogen-bond acceptors (Lipinski definition) is 6. The molecule has 221 valence electrons. The van der Waals surface area contributed by atoms with Crippen LogP contribution in [-0.4, -0.2) is 17.9 Å². The van der Waals surface area contributed by atoms with Crippen molar-refractivity contribution in [2.24, 2.45) is 16.2 Å². The Morgan fingerprint density at radius 3 is 1.05 bits per heavy atom. The molecule has 0 saturated carbocycles. The van der Waals surface area contributed by atoms with Crippen LogP contribution in [0.1, 0.15) is 159 Å². The first kappa shape index (κ1) is 43.8. The van der Waals surface area contributed by atoms with Crippen LogP contribution in [0, 0.1) is 56.2 Å². The van der Waals surface area contributed by atoms with Crippen molar-refractivity contribution in [3.8, 4) is 0 Å². The molecule has 0 N–H and O–H groups in total. The van der Waals surface area contributed by atoms with Crippen LogP contribution in [0.2, 0.25) is 0 Å². The molecule has 0 aromatic rings. The van der Waals surface area contributed by atoms with E-state index in [9.17, 15) is 29.7 Å². The molecular formula is C30H57GdO6. The van der Waals surface area contributed by atoms with E-state index in [0.717, 1.165) is 83.5 Å². The van der Waals surface area contributed by atoms with E-state index < -0.39 is 34.2 Å². The topological polar surface area (TPSA) is 120 Å². The van der Waals surface area contributed by atoms with E-state index in [1.165, 1.54) is 12.8 Å². The zero-order chi connectivity index (χ0) is 28.8. The van der Waals surface area contributed by atoms with Crippen molar-refractivity contribution in [1.29, 1.82) is 0 Å². The molecule has 6 nitrogen and oxygen atoms in total. The quantitative estimate of drug-likeness (QED) is 0.185. The van der Waals surface area contributed by atoms with E-state index in [2.05, 4.69) is 20.8 Å². The molecule has 0 amide bonds. The summed E-state index contributed by atoms with van der Waals surface area (Å²) in [6.45, 7) is 17.3. The molecule has 0 heterocycles. The SMILES string of the molecule is CCCCC(C)(CCC)C(=O)[O-].CCCCC(C)(CCC)C(=O)[O-].CCCCCCC(C)(C)C(=O)[O-].[Gd+3]. The van der Waals surface area contributed by atoms with Crippen molar-refractivity contribution < 1.29 is 69.6 Å². The second kappa shape index (κ2) is 24.8. The van der Waals surface area contributed by atoms with E-state index in [1.54, 1.807) is 27.7 Å². The van der Waals surface area contributed by atoms with Gasteiger partial charge in [0, 0.05) is 34.2 Å². The van der Waals surface area contributed by atoms with Gasteiger partial charge in [0.25, 0.3) is 0 Å². The Morgan fingerprint density at radius 2 is 0.811 bits per heavy atom. The third kappa shape index (κ3) is 22.3. The van der Waals surface area contributed by atoms with Gasteiger partial charge in [-0.05, 0) is 32.1 Å². The van der Waals surface area contributed by atoms with Gasteiger partial charge in [0.05, 0.1) is 0 Å². The molecule has 0 aromatic heterocycles. The van der Waals surface area contributed by atoms with Crippen LogP contribution >= 0.6 is 0 Å². The monoisotopic (exact) mass is 671 g/mol. The summed E-state index contributed by atoms with van der Waals surface area (Å²) in [7, 11) is 0. The van der Waals surface area contributed by atoms with Gasteiger partial charge >= 0.3 is 39.9 Å². The van der Waals surface area contributed by atoms with Crippen molar-refractivity contribution >= 4 is 17.9 Å². The first-order valence-corrected chi connectivity index (χ1v) is 14.3. The minimum Gasteiger partial charge on any atom is -0.550 e. The maximum absolute atomic E-state index is 10.8. The number of carbonyl (C=O) groups excluding carboxylic acids is 3. The van der Waals surface area contributed by atoms with Gasteiger partial charge in [-0.15, -0.1) is 0 Å². The standard InChI is InChI=1S/3C10H20O2.Gd/c1-4-5-6-7-8-10(2,3)9(11)12;2*1-4-6-8-10(3,7-5-2)9(11)12;/h3*4-8H2,1-3H3,(H,11,12);/q;;;+3/p-3. The molecule has 0 rings (SSSR count). The maximum Gasteiger partial charge on any atom is 3.00 e. The van der Waals surface area contributed by atoms with E-state index in [0.29, 0.717) is 0 Å². The van der Waals surface area contributed by atoms with Crippen molar-refractivity contribution in [2.75, 3.05) is 0 Å². The smallest absolute Gasteiger partial charge is 0.550 e. The average molecular weight is 671 g/mol. The van der Waals surface area contributed by atoms with E-state index in [1.807, 2.05) is 13.8 Å². The third-order valence-electron chi connectivity index (χ3n) is 6.96. The molecule has 0 aliphatic heterocycles. The molecule has 0 spiro atoms. The Balaban J connectivity index is -0.000000218. The van der Waals surface area contributed by atoms with Crippen LogP contribution in [0.15, 0.2) is 0 Å². The second-order valence-corrected chi connectivity index (χ2v) is 11.4. The molecule has 0 saturated heterocycles. The summed E-state index contributed by atoms with van der Waals surface area (Å²) in [6.07, 6.45) is 14.1. The second-order valence-electron chi connectivity index (χ2n) is 11.4. The minimum absolute atomic E-state index is 0. The molecule has 37 heavy (non-hydrogen) atoms. The van der Waals surface area contributed by atoms with E-state index in [-0.39, 0.29) is 39.9 Å². The molecule has 1 radical (unpaired) electrons. The summed E-state index contributed by atoms with van der Waals surface area (Å²) in [6, 6.07) is 0. The minimum atomic E-state index is -0.931. The van der Waals surface area contributed by atoms with Gasteiger partial charge in [0.2, 0.25) is 0 Å². The molecule has 2 atom stereocenters. The molecule has 0 aliphatic rings. The third-order valence-corrected chi connectivity index (χ3v) is 6.96. The van der Waals surface area contributed by atoms with Crippen LogP contribution in [0.25, 0.3) is 0 Å². The van der Waals surface area contributed by atoms with Crippen molar-refractivity contribution in [2.45, 2.75) is 159 Å². The average Bonchev–Trinajstić information content (AvgIpc) is 2.80. The number of unbranched alkanes of at least 4 members (excludes halogenated alkanes) is 5. The van der Waals surface area contributed by atoms with E-state index >= 15 is 0 Å². The predicted octanol–water partition coefficient (Wildman–Crippen LogP) is 5.20. The van der Waals surface area contributed by atoms with Gasteiger partial charge in [-0.2, -0.15) is 0 Å². The molecule has 0 aromatic carbocycles. The van der Waals surface area contributed by atoms with E-state index in [4.69, 9.17) is 0 Å². The largest absolute Gasteiger partial charge is 3.00 e. The first-order chi connectivity index (χ1) is 16.6. The van der Waals surface area contributed by atoms with Crippen LogP contribution in [0.5, 0.6) is 0 Å². The Labute approximate surface area is 260 Å². The summed E-state index contributed by atoms with van der Waals surface area (Å²) in [5, 5.41) is 32.2. The van der Waals surface area contributed by atoms with Gasteiger partial charge in [0.15, 0.2) is 0 Å². The van der Waals surface area contributed by atoms with Crippen LogP contribution in [0.4, 0.5) is 0 Å². The van der Waals surface area contributed by atoms with Crippen molar-refractivity contribution in [3.05, 3.63) is 0 Å². The maximum atomic E-state index is 10.8. The summed E-state index contributed by atoms with van der Waals surface area (Å²) in [5.74, 6) is -2.71. The summed E-state index contributed by atoms with van der Waals surface area (Å²) < 4.78 is 0. The summed E-state index contributed by atoms with van der Waals surface area (Å²) in [5.41, 5.74) is -1.83. The van der Waals surface area contributed by atoms with Crippen LogP contribution < -0.4 is 15.3 Å². The molecule has 0 fully saturated rings. The zero-order valence-corrected chi connectivity index (χ0v) is 27.7. The van der Waals surface area contributed by atoms with Crippen LogP contribution in [-0.2, 0) is 14.4 Å². The zero-order valence-electron chi connectivity index (χ0n) is 25.4. The number of carboxylic acid groups (broad SMARTS) is 3.